The summed E-state index contributed by atoms with van der Waals surface area (Å²) in [7, 11) is 0. The van der Waals surface area contributed by atoms with Crippen LogP contribution in [0.5, 0.6) is 5.88 Å². The molecule has 0 radical (unpaired) electrons. The molecule has 0 amide bonds. The van der Waals surface area contributed by atoms with Crippen molar-refractivity contribution < 1.29 is 5.11 Å². The highest BCUT2D eigenvalue weighted by atomic mass is 35.5. The number of halogens is 1. The third kappa shape index (κ3) is 3.09. The minimum absolute atomic E-state index is 0.100. The van der Waals surface area contributed by atoms with Gasteiger partial charge in [-0.3, -0.25) is 4.90 Å². The first-order chi connectivity index (χ1) is 12.6. The summed E-state index contributed by atoms with van der Waals surface area (Å²) >= 11 is 8.02. The van der Waals surface area contributed by atoms with Crippen molar-refractivity contribution in [1.29, 1.82) is 0 Å². The second-order valence-electron chi connectivity index (χ2n) is 6.54. The van der Waals surface area contributed by atoms with Gasteiger partial charge in [0.15, 0.2) is 0 Å². The molecule has 1 fully saturated rings. The van der Waals surface area contributed by atoms with E-state index < -0.39 is 0 Å². The number of aryl methyl sites for hydroxylation is 1. The molecule has 1 aliphatic heterocycles. The average molecular weight is 392 g/mol. The number of hydrogen-bond acceptors (Lipinski definition) is 6. The predicted octanol–water partition coefficient (Wildman–Crippen LogP) is 3.19. The van der Waals surface area contributed by atoms with Gasteiger partial charge in [-0.05, 0) is 25.1 Å². The van der Waals surface area contributed by atoms with Gasteiger partial charge in [-0.15, -0.1) is 5.10 Å². The standard InChI is InChI=1S/C18H22ClN5OS/c1-3-22-8-10-23(11-9-22)15(13-6-4-5-7-14(13)19)16-17(25)24-18(26-16)20-12(2)21-24/h4-7,15,25H,3,8-11H2,1-2H3. The number of fused-ring (bicyclic) bond motifs is 1. The Balaban J connectivity index is 1.78. The zero-order chi connectivity index (χ0) is 18.3. The van der Waals surface area contributed by atoms with Crippen LogP contribution >= 0.6 is 22.9 Å². The molecule has 1 atom stereocenters. The molecule has 2 aromatic heterocycles. The van der Waals surface area contributed by atoms with Crippen LogP contribution in [-0.4, -0.2) is 62.2 Å². The smallest absolute Gasteiger partial charge is 0.230 e. The molecule has 0 bridgehead atoms. The summed E-state index contributed by atoms with van der Waals surface area (Å²) in [5.74, 6) is 0.817. The SMILES string of the molecule is CCN1CCN(C(c2ccccc2Cl)c2sc3nc(C)nn3c2O)CC1. The van der Waals surface area contributed by atoms with Gasteiger partial charge in [-0.2, -0.15) is 4.52 Å². The molecule has 0 saturated carbocycles. The topological polar surface area (TPSA) is 56.9 Å². The van der Waals surface area contributed by atoms with Crippen LogP contribution < -0.4 is 0 Å². The van der Waals surface area contributed by atoms with Gasteiger partial charge in [-0.25, -0.2) is 4.98 Å². The number of benzene rings is 1. The Morgan fingerprint density at radius 3 is 2.62 bits per heavy atom. The molecule has 3 aromatic rings. The summed E-state index contributed by atoms with van der Waals surface area (Å²) < 4.78 is 1.53. The summed E-state index contributed by atoms with van der Waals surface area (Å²) in [4.78, 5) is 10.8. The summed E-state index contributed by atoms with van der Waals surface area (Å²) in [6.07, 6.45) is 0. The molecule has 1 saturated heterocycles. The number of piperazine rings is 1. The Hall–Kier alpha value is -1.67. The highest BCUT2D eigenvalue weighted by Gasteiger charge is 2.32. The molecule has 0 spiro atoms. The van der Waals surface area contributed by atoms with Gasteiger partial charge in [0.05, 0.1) is 10.9 Å². The Bertz CT molecular complexity index is 916. The molecule has 1 aliphatic rings. The van der Waals surface area contributed by atoms with Gasteiger partial charge in [0, 0.05) is 31.2 Å². The Morgan fingerprint density at radius 2 is 1.96 bits per heavy atom. The van der Waals surface area contributed by atoms with Crippen LogP contribution in [0.1, 0.15) is 29.2 Å². The van der Waals surface area contributed by atoms with Crippen LogP contribution in [0.15, 0.2) is 24.3 Å². The number of nitrogens with zero attached hydrogens (tertiary/aromatic N) is 5. The van der Waals surface area contributed by atoms with Crippen molar-refractivity contribution in [1.82, 2.24) is 24.4 Å². The molecule has 3 heterocycles. The predicted molar refractivity (Wildman–Crippen MR) is 104 cm³/mol. The third-order valence-corrected chi connectivity index (χ3v) is 6.39. The summed E-state index contributed by atoms with van der Waals surface area (Å²) in [6.45, 7) is 8.96. The maximum atomic E-state index is 10.8. The summed E-state index contributed by atoms with van der Waals surface area (Å²) in [5.41, 5.74) is 1.01. The van der Waals surface area contributed by atoms with Gasteiger partial charge in [-0.1, -0.05) is 48.1 Å². The molecule has 1 N–H and O–H groups in total. The minimum atomic E-state index is -0.100. The van der Waals surface area contributed by atoms with E-state index in [0.717, 1.165) is 43.2 Å². The molecular weight excluding hydrogens is 370 g/mol. The second-order valence-corrected chi connectivity index (χ2v) is 7.95. The largest absolute Gasteiger partial charge is 0.492 e. The fourth-order valence-electron chi connectivity index (χ4n) is 3.56. The first kappa shape index (κ1) is 17.7. The quantitative estimate of drug-likeness (QED) is 0.740. The minimum Gasteiger partial charge on any atom is -0.492 e. The molecule has 4 rings (SSSR count). The fourth-order valence-corrected chi connectivity index (χ4v) is 4.96. The van der Waals surface area contributed by atoms with E-state index in [-0.39, 0.29) is 11.9 Å². The molecule has 1 aromatic carbocycles. The van der Waals surface area contributed by atoms with Gasteiger partial charge in [0.2, 0.25) is 10.8 Å². The van der Waals surface area contributed by atoms with E-state index in [9.17, 15) is 5.11 Å². The van der Waals surface area contributed by atoms with Crippen molar-refractivity contribution in [3.05, 3.63) is 45.6 Å². The molecule has 138 valence electrons. The second kappa shape index (κ2) is 7.15. The van der Waals surface area contributed by atoms with Gasteiger partial charge < -0.3 is 10.0 Å². The number of likely N-dealkylation sites (N-methyl/N-ethyl adjacent to an activating group) is 1. The lowest BCUT2D eigenvalue weighted by atomic mass is 10.0. The number of thiazole rings is 1. The molecule has 6 nitrogen and oxygen atoms in total. The zero-order valence-corrected chi connectivity index (χ0v) is 16.5. The molecule has 26 heavy (non-hydrogen) atoms. The van der Waals surface area contributed by atoms with Crippen LogP contribution in [0.2, 0.25) is 5.02 Å². The lowest BCUT2D eigenvalue weighted by molar-refractivity contribution is 0.113. The third-order valence-electron chi connectivity index (χ3n) is 4.97. The van der Waals surface area contributed by atoms with Crippen molar-refractivity contribution >= 4 is 27.9 Å². The molecule has 8 heteroatoms. The number of aromatic nitrogens is 3. The zero-order valence-electron chi connectivity index (χ0n) is 14.9. The highest BCUT2D eigenvalue weighted by Crippen LogP contribution is 2.42. The monoisotopic (exact) mass is 391 g/mol. The van der Waals surface area contributed by atoms with E-state index >= 15 is 0 Å². The lowest BCUT2D eigenvalue weighted by Crippen LogP contribution is -2.47. The normalized spacial score (nSPS) is 17.8. The average Bonchev–Trinajstić information content (AvgIpc) is 3.15. The van der Waals surface area contributed by atoms with Crippen molar-refractivity contribution in [3.63, 3.8) is 0 Å². The maximum absolute atomic E-state index is 10.8. The first-order valence-electron chi connectivity index (χ1n) is 8.84. The maximum Gasteiger partial charge on any atom is 0.230 e. The van der Waals surface area contributed by atoms with E-state index in [1.807, 2.05) is 31.2 Å². The summed E-state index contributed by atoms with van der Waals surface area (Å²) in [6, 6.07) is 7.78. The van der Waals surface area contributed by atoms with Crippen LogP contribution in [0.4, 0.5) is 0 Å². The highest BCUT2D eigenvalue weighted by molar-refractivity contribution is 7.17. The van der Waals surface area contributed by atoms with E-state index in [0.29, 0.717) is 15.8 Å². The Kier molecular flexibility index (Phi) is 4.88. The Morgan fingerprint density at radius 1 is 1.23 bits per heavy atom. The van der Waals surface area contributed by atoms with Crippen LogP contribution in [0, 0.1) is 6.92 Å². The summed E-state index contributed by atoms with van der Waals surface area (Å²) in [5, 5.41) is 15.9. The lowest BCUT2D eigenvalue weighted by Gasteiger charge is -2.39. The van der Waals surface area contributed by atoms with Crippen molar-refractivity contribution in [3.8, 4) is 5.88 Å². The van der Waals surface area contributed by atoms with Gasteiger partial charge in [0.1, 0.15) is 5.82 Å². The van der Waals surface area contributed by atoms with E-state index in [1.54, 1.807) is 0 Å². The molecular formula is C18H22ClN5OS. The first-order valence-corrected chi connectivity index (χ1v) is 10.0. The van der Waals surface area contributed by atoms with Crippen molar-refractivity contribution in [2.24, 2.45) is 0 Å². The van der Waals surface area contributed by atoms with Gasteiger partial charge >= 0.3 is 0 Å². The van der Waals surface area contributed by atoms with Gasteiger partial charge in [0.25, 0.3) is 0 Å². The van der Waals surface area contributed by atoms with Crippen molar-refractivity contribution in [2.75, 3.05) is 32.7 Å². The van der Waals surface area contributed by atoms with Crippen LogP contribution in [0.25, 0.3) is 4.96 Å². The number of aromatic hydroxyl groups is 1. The van der Waals surface area contributed by atoms with E-state index in [2.05, 4.69) is 26.8 Å². The van der Waals surface area contributed by atoms with Crippen LogP contribution in [-0.2, 0) is 0 Å². The van der Waals surface area contributed by atoms with Crippen molar-refractivity contribution in [2.45, 2.75) is 19.9 Å². The molecule has 1 unspecified atom stereocenters. The fraction of sp³-hybridized carbons (Fsp3) is 0.444. The Labute approximate surface area is 161 Å². The number of hydrogen-bond donors (Lipinski definition) is 1. The molecule has 0 aliphatic carbocycles. The van der Waals surface area contributed by atoms with E-state index in [4.69, 9.17) is 11.6 Å². The van der Waals surface area contributed by atoms with Crippen LogP contribution in [0.3, 0.4) is 0 Å². The van der Waals surface area contributed by atoms with E-state index in [1.165, 1.54) is 15.9 Å². The number of rotatable bonds is 4.